The maximum absolute atomic E-state index is 12.0. The first kappa shape index (κ1) is 11.9. The Morgan fingerprint density at radius 3 is 3.11 bits per heavy atom. The number of nitrogens with one attached hydrogen (secondary N) is 2. The van der Waals surface area contributed by atoms with Gasteiger partial charge >= 0.3 is 0 Å². The van der Waals surface area contributed by atoms with E-state index in [1.54, 1.807) is 10.9 Å². The van der Waals surface area contributed by atoms with Gasteiger partial charge in [0.05, 0.1) is 11.7 Å². The summed E-state index contributed by atoms with van der Waals surface area (Å²) in [4.78, 5) is 12.0. The number of amides is 1. The summed E-state index contributed by atoms with van der Waals surface area (Å²) in [6, 6.07) is 9.48. The second-order valence-corrected chi connectivity index (χ2v) is 4.64. The molecule has 3 rings (SSSR count). The Morgan fingerprint density at radius 2 is 2.37 bits per heavy atom. The predicted octanol–water partition coefficient (Wildman–Crippen LogP) is 1.56. The molecule has 2 aromatic rings. The smallest absolute Gasteiger partial charge is 0.241 e. The molecule has 98 valence electrons. The molecule has 1 atom stereocenters. The third-order valence-corrected chi connectivity index (χ3v) is 3.26. The quantitative estimate of drug-likeness (QED) is 0.876. The van der Waals surface area contributed by atoms with E-state index in [-0.39, 0.29) is 11.9 Å². The molecule has 1 aliphatic heterocycles. The predicted molar refractivity (Wildman–Crippen MR) is 73.2 cm³/mol. The molecule has 5 nitrogen and oxygen atoms in total. The molecule has 0 bridgehead atoms. The number of rotatable bonds is 3. The molecule has 1 amide bonds. The van der Waals surface area contributed by atoms with Crippen LogP contribution in [0.1, 0.15) is 12.8 Å². The standard InChI is InChI=1S/C14H16N4O/c19-14(13-6-2-7-15-13)17-11-4-1-5-12(10-11)18-9-3-8-16-18/h1,3-5,8-10,13,15H,2,6-7H2,(H,17,19)/t13-/m0/s1. The molecule has 5 heteroatoms. The van der Waals surface area contributed by atoms with Crippen molar-refractivity contribution < 1.29 is 4.79 Å². The Labute approximate surface area is 111 Å². The van der Waals surface area contributed by atoms with Crippen molar-refractivity contribution in [2.75, 3.05) is 11.9 Å². The van der Waals surface area contributed by atoms with Crippen molar-refractivity contribution in [3.8, 4) is 5.69 Å². The van der Waals surface area contributed by atoms with Gasteiger partial charge in [-0.3, -0.25) is 4.79 Å². The average molecular weight is 256 g/mol. The molecular formula is C14H16N4O. The summed E-state index contributed by atoms with van der Waals surface area (Å²) in [7, 11) is 0. The normalized spacial score (nSPS) is 18.4. The molecular weight excluding hydrogens is 240 g/mol. The molecule has 1 aromatic heterocycles. The first-order valence-electron chi connectivity index (χ1n) is 6.47. The number of carbonyl (C=O) groups excluding carboxylic acids is 1. The van der Waals surface area contributed by atoms with E-state index in [4.69, 9.17) is 0 Å². The minimum atomic E-state index is -0.0617. The summed E-state index contributed by atoms with van der Waals surface area (Å²) in [5, 5.41) is 10.3. The Morgan fingerprint density at radius 1 is 1.42 bits per heavy atom. The number of hydrogen-bond donors (Lipinski definition) is 2. The zero-order valence-electron chi connectivity index (χ0n) is 10.5. The van der Waals surface area contributed by atoms with Crippen LogP contribution >= 0.6 is 0 Å². The highest BCUT2D eigenvalue weighted by atomic mass is 16.2. The fraction of sp³-hybridized carbons (Fsp3) is 0.286. The summed E-state index contributed by atoms with van der Waals surface area (Å²) in [6.45, 7) is 0.922. The summed E-state index contributed by atoms with van der Waals surface area (Å²) >= 11 is 0. The van der Waals surface area contributed by atoms with Crippen molar-refractivity contribution in [3.63, 3.8) is 0 Å². The molecule has 1 fully saturated rings. The van der Waals surface area contributed by atoms with Crippen molar-refractivity contribution in [3.05, 3.63) is 42.7 Å². The maximum atomic E-state index is 12.0. The van der Waals surface area contributed by atoms with Gasteiger partial charge in [0.25, 0.3) is 0 Å². The van der Waals surface area contributed by atoms with Crippen LogP contribution in [0.2, 0.25) is 0 Å². The molecule has 1 aromatic carbocycles. The molecule has 19 heavy (non-hydrogen) atoms. The minimum absolute atomic E-state index is 0.0371. The monoisotopic (exact) mass is 256 g/mol. The Balaban J connectivity index is 1.74. The van der Waals surface area contributed by atoms with Crippen LogP contribution in [0, 0.1) is 0 Å². The van der Waals surface area contributed by atoms with Crippen LogP contribution in [0.4, 0.5) is 5.69 Å². The third kappa shape index (κ3) is 2.66. The van der Waals surface area contributed by atoms with E-state index in [9.17, 15) is 4.79 Å². The Hall–Kier alpha value is -2.14. The van der Waals surface area contributed by atoms with Gasteiger partial charge in [0.1, 0.15) is 0 Å². The molecule has 0 radical (unpaired) electrons. The molecule has 0 spiro atoms. The molecule has 0 saturated carbocycles. The maximum Gasteiger partial charge on any atom is 0.241 e. The van der Waals surface area contributed by atoms with Crippen LogP contribution < -0.4 is 10.6 Å². The lowest BCUT2D eigenvalue weighted by Gasteiger charge is -2.12. The first-order chi connectivity index (χ1) is 9.33. The highest BCUT2D eigenvalue weighted by Crippen LogP contribution is 2.15. The van der Waals surface area contributed by atoms with E-state index in [1.807, 2.05) is 36.5 Å². The van der Waals surface area contributed by atoms with E-state index >= 15 is 0 Å². The number of benzene rings is 1. The van der Waals surface area contributed by atoms with Crippen molar-refractivity contribution in [2.45, 2.75) is 18.9 Å². The highest BCUT2D eigenvalue weighted by molar-refractivity contribution is 5.95. The summed E-state index contributed by atoms with van der Waals surface area (Å²) in [6.07, 6.45) is 5.57. The van der Waals surface area contributed by atoms with Gasteiger partial charge in [-0.15, -0.1) is 0 Å². The van der Waals surface area contributed by atoms with Crippen molar-refractivity contribution in [1.29, 1.82) is 0 Å². The fourth-order valence-corrected chi connectivity index (χ4v) is 2.29. The summed E-state index contributed by atoms with van der Waals surface area (Å²) in [5.74, 6) is 0.0371. The first-order valence-corrected chi connectivity index (χ1v) is 6.47. The molecule has 1 saturated heterocycles. The third-order valence-electron chi connectivity index (χ3n) is 3.26. The van der Waals surface area contributed by atoms with E-state index in [0.29, 0.717) is 0 Å². The van der Waals surface area contributed by atoms with E-state index in [2.05, 4.69) is 15.7 Å². The van der Waals surface area contributed by atoms with Gasteiger partial charge < -0.3 is 10.6 Å². The lowest BCUT2D eigenvalue weighted by molar-refractivity contribution is -0.117. The van der Waals surface area contributed by atoms with Gasteiger partial charge in [0.2, 0.25) is 5.91 Å². The summed E-state index contributed by atoms with van der Waals surface area (Å²) < 4.78 is 1.77. The number of carbonyl (C=O) groups is 1. The lowest BCUT2D eigenvalue weighted by atomic mass is 10.2. The molecule has 2 heterocycles. The second-order valence-electron chi connectivity index (χ2n) is 4.64. The highest BCUT2D eigenvalue weighted by Gasteiger charge is 2.21. The van der Waals surface area contributed by atoms with Gasteiger partial charge in [-0.1, -0.05) is 6.07 Å². The molecule has 1 aliphatic rings. The largest absolute Gasteiger partial charge is 0.325 e. The number of anilines is 1. The molecule has 0 unspecified atom stereocenters. The van der Waals surface area contributed by atoms with Gasteiger partial charge in [0, 0.05) is 18.1 Å². The Bertz CT molecular complexity index is 559. The van der Waals surface area contributed by atoms with Crippen LogP contribution in [-0.4, -0.2) is 28.3 Å². The van der Waals surface area contributed by atoms with Gasteiger partial charge in [-0.2, -0.15) is 5.10 Å². The van der Waals surface area contributed by atoms with E-state index in [0.717, 1.165) is 30.8 Å². The van der Waals surface area contributed by atoms with Crippen LogP contribution in [0.5, 0.6) is 0 Å². The van der Waals surface area contributed by atoms with Gasteiger partial charge in [-0.05, 0) is 43.7 Å². The Kier molecular flexibility index (Phi) is 3.29. The van der Waals surface area contributed by atoms with Crippen molar-refractivity contribution in [1.82, 2.24) is 15.1 Å². The van der Waals surface area contributed by atoms with Crippen LogP contribution in [0.25, 0.3) is 5.69 Å². The van der Waals surface area contributed by atoms with Crippen molar-refractivity contribution >= 4 is 11.6 Å². The zero-order chi connectivity index (χ0) is 13.1. The lowest BCUT2D eigenvalue weighted by Crippen LogP contribution is -2.35. The SMILES string of the molecule is O=C(Nc1cccc(-n2cccn2)c1)[C@@H]1CCCN1. The van der Waals surface area contributed by atoms with Crippen LogP contribution in [0.15, 0.2) is 42.7 Å². The van der Waals surface area contributed by atoms with Gasteiger partial charge in [-0.25, -0.2) is 4.68 Å². The fourth-order valence-electron chi connectivity index (χ4n) is 2.29. The molecule has 0 aliphatic carbocycles. The number of hydrogen-bond acceptors (Lipinski definition) is 3. The zero-order valence-corrected chi connectivity index (χ0v) is 10.5. The topological polar surface area (TPSA) is 59.0 Å². The molecule has 2 N–H and O–H groups in total. The number of nitrogens with zero attached hydrogens (tertiary/aromatic N) is 2. The van der Waals surface area contributed by atoms with E-state index in [1.165, 1.54) is 0 Å². The van der Waals surface area contributed by atoms with Crippen LogP contribution in [-0.2, 0) is 4.79 Å². The van der Waals surface area contributed by atoms with Crippen molar-refractivity contribution in [2.24, 2.45) is 0 Å². The summed E-state index contributed by atoms with van der Waals surface area (Å²) in [5.41, 5.74) is 1.73. The minimum Gasteiger partial charge on any atom is -0.325 e. The van der Waals surface area contributed by atoms with E-state index < -0.39 is 0 Å². The number of aromatic nitrogens is 2. The van der Waals surface area contributed by atoms with Crippen LogP contribution in [0.3, 0.4) is 0 Å². The second kappa shape index (κ2) is 5.24. The van der Waals surface area contributed by atoms with Gasteiger partial charge in [0.15, 0.2) is 0 Å². The average Bonchev–Trinajstić information content (AvgIpc) is 3.13.